The van der Waals surface area contributed by atoms with Gasteiger partial charge in [-0.05, 0) is 36.1 Å². The number of hydrogen-bond donors (Lipinski definition) is 0. The average Bonchev–Trinajstić information content (AvgIpc) is 2.91. The van der Waals surface area contributed by atoms with Crippen LogP contribution in [0, 0.1) is 0 Å². The molecule has 2 aromatic heterocycles. The summed E-state index contributed by atoms with van der Waals surface area (Å²) < 4.78 is 2.33. The first kappa shape index (κ1) is 12.0. The maximum Gasteiger partial charge on any atom is 0.0459 e. The van der Waals surface area contributed by atoms with Gasteiger partial charge in [0, 0.05) is 23.0 Å². The molecule has 0 aliphatic rings. The van der Waals surface area contributed by atoms with Crippen LogP contribution in [-0.2, 0) is 0 Å². The standard InChI is InChI=1S/C18H19N/c1-3-14(2)18-11-7-10-17-12-16(13-19(17)18)15-8-5-4-6-9-15/h4-14H,3H2,1-2H3. The topological polar surface area (TPSA) is 4.41 Å². The molecule has 1 aromatic carbocycles. The lowest BCUT2D eigenvalue weighted by molar-refractivity contribution is 0.697. The molecule has 1 nitrogen and oxygen atoms in total. The number of aromatic nitrogens is 1. The largest absolute Gasteiger partial charge is 0.320 e. The highest BCUT2D eigenvalue weighted by atomic mass is 14.9. The zero-order chi connectivity index (χ0) is 13.2. The van der Waals surface area contributed by atoms with Gasteiger partial charge in [0.25, 0.3) is 0 Å². The summed E-state index contributed by atoms with van der Waals surface area (Å²) in [4.78, 5) is 0. The molecule has 19 heavy (non-hydrogen) atoms. The molecule has 0 saturated carbocycles. The number of fused-ring (bicyclic) bond motifs is 1. The highest BCUT2D eigenvalue weighted by molar-refractivity contribution is 5.70. The molecule has 0 saturated heterocycles. The van der Waals surface area contributed by atoms with E-state index in [-0.39, 0.29) is 0 Å². The number of hydrogen-bond acceptors (Lipinski definition) is 0. The first-order valence-electron chi connectivity index (χ1n) is 6.96. The second-order valence-corrected chi connectivity index (χ2v) is 5.15. The van der Waals surface area contributed by atoms with Crippen molar-refractivity contribution in [1.82, 2.24) is 4.40 Å². The van der Waals surface area contributed by atoms with E-state index in [0.29, 0.717) is 5.92 Å². The van der Waals surface area contributed by atoms with Crippen LogP contribution in [0.5, 0.6) is 0 Å². The van der Waals surface area contributed by atoms with E-state index < -0.39 is 0 Å². The van der Waals surface area contributed by atoms with E-state index >= 15 is 0 Å². The molecule has 3 rings (SSSR count). The van der Waals surface area contributed by atoms with Crippen molar-refractivity contribution in [1.29, 1.82) is 0 Å². The minimum atomic E-state index is 0.583. The third-order valence-corrected chi connectivity index (χ3v) is 3.89. The van der Waals surface area contributed by atoms with Crippen LogP contribution in [0.3, 0.4) is 0 Å². The van der Waals surface area contributed by atoms with E-state index in [1.807, 2.05) is 0 Å². The molecule has 1 unspecified atom stereocenters. The van der Waals surface area contributed by atoms with Crippen LogP contribution >= 0.6 is 0 Å². The van der Waals surface area contributed by atoms with Gasteiger partial charge in [-0.15, -0.1) is 0 Å². The van der Waals surface area contributed by atoms with E-state index in [2.05, 4.69) is 79.0 Å². The molecule has 0 fully saturated rings. The summed E-state index contributed by atoms with van der Waals surface area (Å²) in [5.74, 6) is 0.583. The maximum absolute atomic E-state index is 2.33. The van der Waals surface area contributed by atoms with E-state index in [1.165, 1.54) is 22.3 Å². The fourth-order valence-electron chi connectivity index (χ4n) is 2.56. The molecule has 0 amide bonds. The summed E-state index contributed by atoms with van der Waals surface area (Å²) in [6.45, 7) is 4.53. The van der Waals surface area contributed by atoms with Crippen molar-refractivity contribution in [2.75, 3.05) is 0 Å². The number of pyridine rings is 1. The summed E-state index contributed by atoms with van der Waals surface area (Å²) in [6, 6.07) is 19.4. The molecule has 1 atom stereocenters. The van der Waals surface area contributed by atoms with Crippen molar-refractivity contribution in [3.8, 4) is 11.1 Å². The van der Waals surface area contributed by atoms with E-state index in [0.717, 1.165) is 6.42 Å². The molecule has 0 spiro atoms. The third-order valence-electron chi connectivity index (χ3n) is 3.89. The van der Waals surface area contributed by atoms with Gasteiger partial charge in [0.05, 0.1) is 0 Å². The summed E-state index contributed by atoms with van der Waals surface area (Å²) in [7, 11) is 0. The Bertz CT molecular complexity index is 679. The maximum atomic E-state index is 2.33. The third kappa shape index (κ3) is 2.17. The summed E-state index contributed by atoms with van der Waals surface area (Å²) >= 11 is 0. The van der Waals surface area contributed by atoms with Gasteiger partial charge in [0.1, 0.15) is 0 Å². The minimum Gasteiger partial charge on any atom is -0.320 e. The zero-order valence-corrected chi connectivity index (χ0v) is 11.5. The van der Waals surface area contributed by atoms with Crippen LogP contribution in [0.4, 0.5) is 0 Å². The predicted octanol–water partition coefficient (Wildman–Crippen LogP) is 5.12. The van der Waals surface area contributed by atoms with Gasteiger partial charge in [0.2, 0.25) is 0 Å². The fraction of sp³-hybridized carbons (Fsp3) is 0.222. The Kier molecular flexibility index (Phi) is 3.12. The fourth-order valence-corrected chi connectivity index (χ4v) is 2.56. The van der Waals surface area contributed by atoms with Crippen LogP contribution in [0.25, 0.3) is 16.6 Å². The lowest BCUT2D eigenvalue weighted by Gasteiger charge is -2.11. The average molecular weight is 249 g/mol. The van der Waals surface area contributed by atoms with Crippen molar-refractivity contribution < 1.29 is 0 Å². The quantitative estimate of drug-likeness (QED) is 0.607. The Morgan fingerprint density at radius 3 is 2.47 bits per heavy atom. The van der Waals surface area contributed by atoms with Crippen molar-refractivity contribution in [2.45, 2.75) is 26.2 Å². The van der Waals surface area contributed by atoms with E-state index in [1.54, 1.807) is 0 Å². The molecule has 0 bridgehead atoms. The van der Waals surface area contributed by atoms with Crippen molar-refractivity contribution >= 4 is 5.52 Å². The van der Waals surface area contributed by atoms with Crippen molar-refractivity contribution in [3.63, 3.8) is 0 Å². The molecule has 0 N–H and O–H groups in total. The molecule has 1 heteroatoms. The molecule has 2 heterocycles. The summed E-state index contributed by atoms with van der Waals surface area (Å²) in [5, 5.41) is 0. The monoisotopic (exact) mass is 249 g/mol. The van der Waals surface area contributed by atoms with E-state index in [4.69, 9.17) is 0 Å². The summed E-state index contributed by atoms with van der Waals surface area (Å²) in [5.41, 5.74) is 5.23. The lowest BCUT2D eigenvalue weighted by Crippen LogP contribution is -1.99. The van der Waals surface area contributed by atoms with Crippen molar-refractivity contribution in [2.24, 2.45) is 0 Å². The Morgan fingerprint density at radius 1 is 0.947 bits per heavy atom. The van der Waals surface area contributed by atoms with Gasteiger partial charge < -0.3 is 4.40 Å². The SMILES string of the molecule is CCC(C)c1cccc2cc(-c3ccccc3)cn12. The second-order valence-electron chi connectivity index (χ2n) is 5.15. The molecule has 96 valence electrons. The Balaban J connectivity index is 2.16. The minimum absolute atomic E-state index is 0.583. The first-order valence-corrected chi connectivity index (χ1v) is 6.96. The molecule has 0 radical (unpaired) electrons. The van der Waals surface area contributed by atoms with Gasteiger partial charge >= 0.3 is 0 Å². The highest BCUT2D eigenvalue weighted by Crippen LogP contribution is 2.26. The van der Waals surface area contributed by atoms with Crippen LogP contribution in [0.2, 0.25) is 0 Å². The van der Waals surface area contributed by atoms with E-state index in [9.17, 15) is 0 Å². The first-order chi connectivity index (χ1) is 9.29. The molecular weight excluding hydrogens is 230 g/mol. The van der Waals surface area contributed by atoms with Gasteiger partial charge in [-0.1, -0.05) is 50.2 Å². The Labute approximate surface area is 114 Å². The van der Waals surface area contributed by atoms with Crippen LogP contribution in [0.15, 0.2) is 60.8 Å². The predicted molar refractivity (Wildman–Crippen MR) is 81.5 cm³/mol. The molecule has 3 aromatic rings. The number of rotatable bonds is 3. The van der Waals surface area contributed by atoms with Gasteiger partial charge in [0.15, 0.2) is 0 Å². The zero-order valence-electron chi connectivity index (χ0n) is 11.5. The summed E-state index contributed by atoms with van der Waals surface area (Å²) in [6.07, 6.45) is 3.42. The highest BCUT2D eigenvalue weighted by Gasteiger charge is 2.09. The smallest absolute Gasteiger partial charge is 0.0459 e. The number of nitrogens with zero attached hydrogens (tertiary/aromatic N) is 1. The van der Waals surface area contributed by atoms with Crippen molar-refractivity contribution in [3.05, 3.63) is 66.5 Å². The van der Waals surface area contributed by atoms with Crippen LogP contribution in [0.1, 0.15) is 31.9 Å². The van der Waals surface area contributed by atoms with Gasteiger partial charge in [-0.25, -0.2) is 0 Å². The Hall–Kier alpha value is -2.02. The van der Waals surface area contributed by atoms with Gasteiger partial charge in [-0.2, -0.15) is 0 Å². The van der Waals surface area contributed by atoms with Gasteiger partial charge in [-0.3, -0.25) is 0 Å². The molecule has 0 aliphatic heterocycles. The second kappa shape index (κ2) is 4.93. The molecule has 0 aliphatic carbocycles. The van der Waals surface area contributed by atoms with Crippen LogP contribution < -0.4 is 0 Å². The normalized spacial score (nSPS) is 12.7. The Morgan fingerprint density at radius 2 is 1.74 bits per heavy atom. The van der Waals surface area contributed by atoms with Crippen LogP contribution in [-0.4, -0.2) is 4.40 Å². The molecular formula is C18H19N. The number of benzene rings is 1. The lowest BCUT2D eigenvalue weighted by atomic mass is 10.0.